The largest absolute Gasteiger partial charge is 0.478 e. The fourth-order valence-corrected chi connectivity index (χ4v) is 2.17. The zero-order valence-electron chi connectivity index (χ0n) is 11.3. The van der Waals surface area contributed by atoms with Crippen molar-refractivity contribution in [2.45, 2.75) is 6.92 Å². The molecular weight excluding hydrogens is 268 g/mol. The smallest absolute Gasteiger partial charge is 0.335 e. The summed E-state index contributed by atoms with van der Waals surface area (Å²) >= 11 is 0. The first-order chi connectivity index (χ1) is 10.0. The second-order valence-corrected chi connectivity index (χ2v) is 4.87. The van der Waals surface area contributed by atoms with E-state index in [0.29, 0.717) is 16.9 Å². The molecule has 1 aliphatic heterocycles. The highest BCUT2D eigenvalue weighted by Crippen LogP contribution is 2.32. The monoisotopic (exact) mass is 280 g/mol. The number of carbonyl (C=O) groups excluding carboxylic acids is 1. The van der Waals surface area contributed by atoms with E-state index in [4.69, 9.17) is 9.84 Å². The number of carboxylic acids is 1. The number of allylic oxidation sites excluding steroid dienone is 1. The van der Waals surface area contributed by atoms with E-state index in [2.05, 4.69) is 0 Å². The first-order valence-electron chi connectivity index (χ1n) is 6.43. The van der Waals surface area contributed by atoms with E-state index in [9.17, 15) is 9.59 Å². The summed E-state index contributed by atoms with van der Waals surface area (Å²) in [7, 11) is 0. The molecule has 0 saturated carbocycles. The van der Waals surface area contributed by atoms with Crippen LogP contribution >= 0.6 is 0 Å². The fourth-order valence-electron chi connectivity index (χ4n) is 2.17. The Labute approximate surface area is 121 Å². The number of Topliss-reactive ketones (excluding diaryl/α,β-unsaturated/α-hetero) is 1. The molecule has 0 radical (unpaired) electrons. The van der Waals surface area contributed by atoms with Crippen LogP contribution in [0.25, 0.3) is 6.08 Å². The second kappa shape index (κ2) is 4.90. The number of hydrogen-bond acceptors (Lipinski definition) is 3. The summed E-state index contributed by atoms with van der Waals surface area (Å²) in [5.74, 6) is -0.329. The van der Waals surface area contributed by atoms with Crippen molar-refractivity contribution >= 4 is 17.8 Å². The summed E-state index contributed by atoms with van der Waals surface area (Å²) in [4.78, 5) is 23.0. The van der Waals surface area contributed by atoms with Gasteiger partial charge < -0.3 is 9.84 Å². The Morgan fingerprint density at radius 1 is 1.14 bits per heavy atom. The van der Waals surface area contributed by atoms with Crippen LogP contribution in [0.15, 0.2) is 48.2 Å². The highest BCUT2D eigenvalue weighted by Gasteiger charge is 2.26. The molecule has 1 heterocycles. The second-order valence-electron chi connectivity index (χ2n) is 4.87. The number of hydrogen-bond donors (Lipinski definition) is 1. The zero-order chi connectivity index (χ0) is 15.0. The molecule has 4 heteroatoms. The van der Waals surface area contributed by atoms with E-state index >= 15 is 0 Å². The van der Waals surface area contributed by atoms with Crippen molar-refractivity contribution in [1.29, 1.82) is 0 Å². The van der Waals surface area contributed by atoms with Crippen LogP contribution in [-0.2, 0) is 0 Å². The van der Waals surface area contributed by atoms with E-state index < -0.39 is 5.97 Å². The Morgan fingerprint density at radius 2 is 1.86 bits per heavy atom. The number of carbonyl (C=O) groups is 2. The highest BCUT2D eigenvalue weighted by atomic mass is 16.5. The number of ether oxygens (including phenoxy) is 1. The summed E-state index contributed by atoms with van der Waals surface area (Å²) in [5, 5.41) is 8.85. The molecule has 0 fully saturated rings. The van der Waals surface area contributed by atoms with Crippen molar-refractivity contribution in [3.8, 4) is 5.75 Å². The first kappa shape index (κ1) is 13.1. The van der Waals surface area contributed by atoms with Gasteiger partial charge in [0.1, 0.15) is 5.75 Å². The maximum atomic E-state index is 12.2. The lowest BCUT2D eigenvalue weighted by molar-refractivity contribution is 0.0696. The lowest BCUT2D eigenvalue weighted by Crippen LogP contribution is -1.98. The van der Waals surface area contributed by atoms with Crippen molar-refractivity contribution in [3.05, 3.63) is 70.5 Å². The number of aromatic carboxylic acids is 1. The molecule has 1 N–H and O–H groups in total. The Morgan fingerprint density at radius 3 is 2.52 bits per heavy atom. The van der Waals surface area contributed by atoms with Crippen LogP contribution in [0.5, 0.6) is 5.75 Å². The normalized spacial score (nSPS) is 14.9. The van der Waals surface area contributed by atoms with Crippen molar-refractivity contribution in [1.82, 2.24) is 0 Å². The third-order valence-corrected chi connectivity index (χ3v) is 3.28. The van der Waals surface area contributed by atoms with Gasteiger partial charge in [0, 0.05) is 0 Å². The number of carboxylic acid groups (broad SMARTS) is 1. The standard InChI is InChI=1S/C17H12O4/c1-10-2-7-13-14(8-10)21-15(16(13)18)9-11-3-5-12(6-4-11)17(19)20/h2-9H,1H3,(H,19,20)/b15-9-. The minimum Gasteiger partial charge on any atom is -0.478 e. The average Bonchev–Trinajstić information content (AvgIpc) is 2.75. The minimum absolute atomic E-state index is 0.160. The summed E-state index contributed by atoms with van der Waals surface area (Å²) in [5.41, 5.74) is 2.49. The van der Waals surface area contributed by atoms with Gasteiger partial charge >= 0.3 is 5.97 Å². The predicted octanol–water partition coefficient (Wildman–Crippen LogP) is 3.31. The maximum Gasteiger partial charge on any atom is 0.335 e. The lowest BCUT2D eigenvalue weighted by atomic mass is 10.1. The van der Waals surface area contributed by atoms with Gasteiger partial charge in [0.15, 0.2) is 5.76 Å². The summed E-state index contributed by atoms with van der Waals surface area (Å²) in [6, 6.07) is 11.7. The number of rotatable bonds is 2. The van der Waals surface area contributed by atoms with Crippen molar-refractivity contribution in [3.63, 3.8) is 0 Å². The Bertz CT molecular complexity index is 770. The molecule has 2 aromatic carbocycles. The third kappa shape index (κ3) is 2.43. The first-order valence-corrected chi connectivity index (χ1v) is 6.43. The summed E-state index contributed by atoms with van der Waals surface area (Å²) in [6.07, 6.45) is 1.61. The summed E-state index contributed by atoms with van der Waals surface area (Å²) < 4.78 is 5.58. The molecule has 0 aromatic heterocycles. The van der Waals surface area contributed by atoms with Gasteiger partial charge in [-0.2, -0.15) is 0 Å². The Balaban J connectivity index is 1.92. The van der Waals surface area contributed by atoms with Gasteiger partial charge in [0.2, 0.25) is 5.78 Å². The van der Waals surface area contributed by atoms with Crippen LogP contribution in [0.2, 0.25) is 0 Å². The molecule has 3 rings (SSSR count). The van der Waals surface area contributed by atoms with Crippen molar-refractivity contribution in [2.24, 2.45) is 0 Å². The number of benzene rings is 2. The maximum absolute atomic E-state index is 12.2. The predicted molar refractivity (Wildman–Crippen MR) is 77.5 cm³/mol. The zero-order valence-corrected chi connectivity index (χ0v) is 11.3. The fraction of sp³-hybridized carbons (Fsp3) is 0.0588. The molecule has 0 saturated heterocycles. The van der Waals surface area contributed by atoms with Crippen molar-refractivity contribution in [2.75, 3.05) is 0 Å². The van der Waals surface area contributed by atoms with Crippen LogP contribution in [0.1, 0.15) is 31.8 Å². The van der Waals surface area contributed by atoms with E-state index in [1.165, 1.54) is 12.1 Å². The van der Waals surface area contributed by atoms with Crippen LogP contribution < -0.4 is 4.74 Å². The molecule has 0 unspecified atom stereocenters. The average molecular weight is 280 g/mol. The highest BCUT2D eigenvalue weighted by molar-refractivity contribution is 6.14. The van der Waals surface area contributed by atoms with Gasteiger partial charge in [0.25, 0.3) is 0 Å². The Kier molecular flexibility index (Phi) is 3.06. The summed E-state index contributed by atoms with van der Waals surface area (Å²) in [6.45, 7) is 1.93. The molecule has 1 aliphatic rings. The molecule has 0 amide bonds. The van der Waals surface area contributed by atoms with Gasteiger partial charge in [-0.1, -0.05) is 18.2 Å². The number of ketones is 1. The van der Waals surface area contributed by atoms with Crippen molar-refractivity contribution < 1.29 is 19.4 Å². The molecule has 4 nitrogen and oxygen atoms in total. The van der Waals surface area contributed by atoms with Gasteiger partial charge in [0.05, 0.1) is 11.1 Å². The number of aryl methyl sites for hydroxylation is 1. The SMILES string of the molecule is Cc1ccc2c(c1)O/C(=C\c1ccc(C(=O)O)cc1)C2=O. The number of fused-ring (bicyclic) bond motifs is 1. The molecule has 104 valence electrons. The van der Waals surface area contributed by atoms with Crippen LogP contribution in [0, 0.1) is 6.92 Å². The molecule has 0 bridgehead atoms. The molecule has 0 spiro atoms. The quantitative estimate of drug-likeness (QED) is 0.857. The van der Waals surface area contributed by atoms with E-state index in [1.807, 2.05) is 19.1 Å². The third-order valence-electron chi connectivity index (χ3n) is 3.28. The molecule has 21 heavy (non-hydrogen) atoms. The van der Waals surface area contributed by atoms with Crippen LogP contribution in [0.4, 0.5) is 0 Å². The van der Waals surface area contributed by atoms with Gasteiger partial charge in [-0.05, 0) is 48.4 Å². The van der Waals surface area contributed by atoms with E-state index in [0.717, 1.165) is 5.56 Å². The lowest BCUT2D eigenvalue weighted by Gasteiger charge is -2.00. The van der Waals surface area contributed by atoms with E-state index in [1.54, 1.807) is 24.3 Å². The van der Waals surface area contributed by atoms with Gasteiger partial charge in [-0.3, -0.25) is 4.79 Å². The van der Waals surface area contributed by atoms with Gasteiger partial charge in [-0.25, -0.2) is 4.79 Å². The molecule has 0 atom stereocenters. The minimum atomic E-state index is -0.981. The molecule has 2 aromatic rings. The van der Waals surface area contributed by atoms with Crippen LogP contribution in [0.3, 0.4) is 0 Å². The van der Waals surface area contributed by atoms with E-state index in [-0.39, 0.29) is 17.1 Å². The van der Waals surface area contributed by atoms with Crippen LogP contribution in [-0.4, -0.2) is 16.9 Å². The molecule has 0 aliphatic carbocycles. The van der Waals surface area contributed by atoms with Gasteiger partial charge in [-0.15, -0.1) is 0 Å². The molecular formula is C17H12O4. The Hall–Kier alpha value is -2.88. The topological polar surface area (TPSA) is 63.6 Å².